The standard InChI is InChI=1S/C24H35N3O/c1-28-24-5-3-2-4-23(24)27-14-12-26(13-15-27)22-8-10-25(11-9-22)18-21-17-19-6-7-20(21)16-19/h2-7,19-22H,8-18H2,1H3/p+2/t19-,20-,21-/m0/s1. The molecule has 2 aliphatic heterocycles. The number of likely N-dealkylation sites (tertiary alicyclic amines) is 1. The Labute approximate surface area is 170 Å². The minimum Gasteiger partial charge on any atom is -0.495 e. The van der Waals surface area contributed by atoms with Crippen LogP contribution in [0.25, 0.3) is 0 Å². The van der Waals surface area contributed by atoms with E-state index in [1.165, 1.54) is 64.1 Å². The van der Waals surface area contributed by atoms with Crippen LogP contribution in [0.5, 0.6) is 5.75 Å². The van der Waals surface area contributed by atoms with Crippen LogP contribution in [0, 0.1) is 17.8 Å². The number of nitrogens with one attached hydrogen (secondary N) is 2. The third-order valence-corrected chi connectivity index (χ3v) is 8.07. The highest BCUT2D eigenvalue weighted by Crippen LogP contribution is 2.42. The van der Waals surface area contributed by atoms with Crippen LogP contribution in [0.2, 0.25) is 0 Å². The van der Waals surface area contributed by atoms with Crippen molar-refractivity contribution in [2.45, 2.75) is 31.7 Å². The second kappa shape index (κ2) is 8.08. The van der Waals surface area contributed by atoms with Crippen LogP contribution in [-0.4, -0.2) is 59.0 Å². The molecule has 0 unspecified atom stereocenters. The molecule has 0 amide bonds. The SMILES string of the molecule is COc1ccccc1N1CC[NH+](C2CC[NH+](C[C@@H]3C[C@H]4C=C[C@H]3C4)CC2)CC1. The first-order chi connectivity index (χ1) is 13.8. The fraction of sp³-hybridized carbons (Fsp3) is 0.667. The van der Waals surface area contributed by atoms with Gasteiger partial charge in [-0.2, -0.15) is 0 Å². The van der Waals surface area contributed by atoms with Crippen molar-refractivity contribution in [2.24, 2.45) is 17.8 Å². The topological polar surface area (TPSA) is 21.4 Å². The fourth-order valence-electron chi connectivity index (χ4n) is 6.47. The first kappa shape index (κ1) is 18.5. The lowest BCUT2D eigenvalue weighted by molar-refractivity contribution is -0.959. The molecule has 2 aliphatic carbocycles. The van der Waals surface area contributed by atoms with Crippen molar-refractivity contribution in [1.29, 1.82) is 0 Å². The predicted molar refractivity (Wildman–Crippen MR) is 113 cm³/mol. The smallest absolute Gasteiger partial charge is 0.142 e. The zero-order valence-corrected chi connectivity index (χ0v) is 17.4. The van der Waals surface area contributed by atoms with Crippen LogP contribution in [0.3, 0.4) is 0 Å². The molecule has 28 heavy (non-hydrogen) atoms. The number of nitrogens with zero attached hydrogens (tertiary/aromatic N) is 1. The van der Waals surface area contributed by atoms with Crippen molar-refractivity contribution >= 4 is 5.69 Å². The van der Waals surface area contributed by atoms with Crippen molar-refractivity contribution in [2.75, 3.05) is 57.8 Å². The lowest BCUT2D eigenvalue weighted by atomic mass is 9.92. The molecule has 4 nitrogen and oxygen atoms in total. The Hall–Kier alpha value is -1.52. The molecule has 2 heterocycles. The Bertz CT molecular complexity index is 689. The highest BCUT2D eigenvalue weighted by molar-refractivity contribution is 5.58. The van der Waals surface area contributed by atoms with Crippen molar-refractivity contribution in [3.05, 3.63) is 36.4 Å². The number of hydrogen-bond acceptors (Lipinski definition) is 2. The van der Waals surface area contributed by atoms with Crippen LogP contribution in [0.15, 0.2) is 36.4 Å². The molecule has 0 aromatic heterocycles. The molecule has 1 aromatic carbocycles. The first-order valence-corrected chi connectivity index (χ1v) is 11.5. The summed E-state index contributed by atoms with van der Waals surface area (Å²) in [5.74, 6) is 3.84. The summed E-state index contributed by atoms with van der Waals surface area (Å²) in [7, 11) is 1.78. The third kappa shape index (κ3) is 3.69. The number of fused-ring (bicyclic) bond motifs is 2. The van der Waals surface area contributed by atoms with Gasteiger partial charge < -0.3 is 19.4 Å². The number of quaternary nitrogens is 2. The fourth-order valence-corrected chi connectivity index (χ4v) is 6.47. The summed E-state index contributed by atoms with van der Waals surface area (Å²) in [6, 6.07) is 9.37. The molecule has 2 N–H and O–H groups in total. The van der Waals surface area contributed by atoms with Crippen molar-refractivity contribution in [3.8, 4) is 5.75 Å². The Morgan fingerprint density at radius 3 is 2.46 bits per heavy atom. The number of piperazine rings is 1. The van der Waals surface area contributed by atoms with Crippen LogP contribution in [-0.2, 0) is 0 Å². The van der Waals surface area contributed by atoms with Crippen molar-refractivity contribution in [1.82, 2.24) is 0 Å². The van der Waals surface area contributed by atoms with Crippen LogP contribution in [0.4, 0.5) is 5.69 Å². The van der Waals surface area contributed by atoms with Gasteiger partial charge in [0, 0.05) is 18.8 Å². The first-order valence-electron chi connectivity index (χ1n) is 11.5. The highest BCUT2D eigenvalue weighted by Gasteiger charge is 2.39. The maximum atomic E-state index is 5.57. The summed E-state index contributed by atoms with van der Waals surface area (Å²) in [6.07, 6.45) is 10.8. The molecule has 4 aliphatic rings. The highest BCUT2D eigenvalue weighted by atomic mass is 16.5. The number of piperidine rings is 1. The molecule has 2 bridgehead atoms. The average Bonchev–Trinajstić information content (AvgIpc) is 3.38. The number of hydrogen-bond donors (Lipinski definition) is 2. The number of rotatable bonds is 5. The molecule has 5 rings (SSSR count). The van der Waals surface area contributed by atoms with Gasteiger partial charge >= 0.3 is 0 Å². The number of para-hydroxylation sites is 2. The molecule has 1 saturated carbocycles. The largest absolute Gasteiger partial charge is 0.495 e. The number of allylic oxidation sites excluding steroid dienone is 2. The summed E-state index contributed by atoms with van der Waals surface area (Å²) < 4.78 is 5.57. The van der Waals surface area contributed by atoms with Crippen molar-refractivity contribution < 1.29 is 14.5 Å². The van der Waals surface area contributed by atoms with Gasteiger partial charge in [0.1, 0.15) is 5.75 Å². The zero-order valence-electron chi connectivity index (χ0n) is 17.4. The lowest BCUT2D eigenvalue weighted by Crippen LogP contribution is -3.22. The normalized spacial score (nSPS) is 35.5. The van der Waals surface area contributed by atoms with E-state index in [9.17, 15) is 0 Å². The minimum atomic E-state index is 0.892. The van der Waals surface area contributed by atoms with E-state index in [1.807, 2.05) is 9.80 Å². The number of anilines is 1. The van der Waals surface area contributed by atoms with Gasteiger partial charge in [0.05, 0.1) is 64.7 Å². The van der Waals surface area contributed by atoms with Crippen LogP contribution < -0.4 is 19.4 Å². The van der Waals surface area contributed by atoms with Gasteiger partial charge in [-0.05, 0) is 36.8 Å². The summed E-state index contributed by atoms with van der Waals surface area (Å²) in [4.78, 5) is 6.27. The van der Waals surface area contributed by atoms with E-state index in [4.69, 9.17) is 4.74 Å². The molecular weight excluding hydrogens is 346 g/mol. The third-order valence-electron chi connectivity index (χ3n) is 8.07. The van der Waals surface area contributed by atoms with Crippen LogP contribution in [0.1, 0.15) is 25.7 Å². The number of benzene rings is 1. The van der Waals surface area contributed by atoms with Crippen molar-refractivity contribution in [3.63, 3.8) is 0 Å². The van der Waals surface area contributed by atoms with E-state index in [0.29, 0.717) is 0 Å². The summed E-state index contributed by atoms with van der Waals surface area (Å²) in [6.45, 7) is 9.10. The molecular formula is C24H37N3O+2. The van der Waals surface area contributed by atoms with E-state index < -0.39 is 0 Å². The molecule has 0 radical (unpaired) electrons. The van der Waals surface area contributed by atoms with E-state index >= 15 is 0 Å². The molecule has 1 aromatic rings. The quantitative estimate of drug-likeness (QED) is 0.729. The van der Waals surface area contributed by atoms with Gasteiger partial charge in [0.2, 0.25) is 0 Å². The minimum absolute atomic E-state index is 0.892. The van der Waals surface area contributed by atoms with Gasteiger partial charge in [0.25, 0.3) is 0 Å². The molecule has 3 fully saturated rings. The second-order valence-electron chi connectivity index (χ2n) is 9.59. The summed E-state index contributed by atoms with van der Waals surface area (Å²) >= 11 is 0. The Morgan fingerprint density at radius 1 is 1.00 bits per heavy atom. The average molecular weight is 384 g/mol. The molecule has 4 heteroatoms. The van der Waals surface area contributed by atoms with Gasteiger partial charge in [-0.15, -0.1) is 0 Å². The van der Waals surface area contributed by atoms with Crippen LogP contribution >= 0.6 is 0 Å². The predicted octanol–water partition coefficient (Wildman–Crippen LogP) is 0.660. The van der Waals surface area contributed by atoms with Gasteiger partial charge in [-0.25, -0.2) is 0 Å². The Morgan fingerprint density at radius 2 is 1.79 bits per heavy atom. The van der Waals surface area contributed by atoms with E-state index in [2.05, 4.69) is 41.3 Å². The van der Waals surface area contributed by atoms with Gasteiger partial charge in [0.15, 0.2) is 0 Å². The van der Waals surface area contributed by atoms with E-state index in [1.54, 1.807) is 7.11 Å². The maximum Gasteiger partial charge on any atom is 0.142 e. The molecule has 0 spiro atoms. The summed E-state index contributed by atoms with van der Waals surface area (Å²) in [5, 5.41) is 0. The zero-order chi connectivity index (χ0) is 18.9. The monoisotopic (exact) mass is 383 g/mol. The second-order valence-corrected chi connectivity index (χ2v) is 9.59. The van der Waals surface area contributed by atoms with E-state index in [0.717, 1.165) is 42.6 Å². The van der Waals surface area contributed by atoms with Gasteiger partial charge in [-0.3, -0.25) is 0 Å². The number of ether oxygens (including phenoxy) is 1. The maximum absolute atomic E-state index is 5.57. The van der Waals surface area contributed by atoms with Gasteiger partial charge in [-0.1, -0.05) is 24.3 Å². The lowest BCUT2D eigenvalue weighted by Gasteiger charge is -2.40. The van der Waals surface area contributed by atoms with E-state index in [-0.39, 0.29) is 0 Å². The Kier molecular flexibility index (Phi) is 5.34. The molecule has 152 valence electrons. The number of methoxy groups -OCH3 is 1. The molecule has 2 saturated heterocycles. The summed E-state index contributed by atoms with van der Waals surface area (Å²) in [5.41, 5.74) is 1.27. The molecule has 3 atom stereocenters. The Balaban J connectivity index is 1.09.